The normalized spacial score (nSPS) is 11.0. The van der Waals surface area contributed by atoms with E-state index in [1.165, 1.54) is 11.8 Å². The van der Waals surface area contributed by atoms with Gasteiger partial charge in [-0.15, -0.1) is 0 Å². The number of nitro groups is 1. The number of hydrogen-bond donors (Lipinski definition) is 1. The van der Waals surface area contributed by atoms with Crippen molar-refractivity contribution in [2.75, 3.05) is 32.6 Å². The average molecular weight is 487 g/mol. The van der Waals surface area contributed by atoms with E-state index in [2.05, 4.69) is 34.4 Å². The molecule has 0 radical (unpaired) electrons. The second kappa shape index (κ2) is 11.5. The third-order valence-electron chi connectivity index (χ3n) is 5.97. The first-order valence-electron chi connectivity index (χ1n) is 11.8. The zero-order chi connectivity index (χ0) is 25.5. The minimum Gasteiger partial charge on any atom is -0.493 e. The van der Waals surface area contributed by atoms with Crippen molar-refractivity contribution in [2.45, 2.75) is 19.9 Å². The Labute approximate surface area is 210 Å². The molecule has 4 rings (SSSR count). The van der Waals surface area contributed by atoms with Crippen molar-refractivity contribution in [3.8, 4) is 11.5 Å². The summed E-state index contributed by atoms with van der Waals surface area (Å²) in [5.74, 6) is 1.05. The number of para-hydroxylation sites is 1. The molecule has 8 heteroatoms. The predicted octanol–water partition coefficient (Wildman–Crippen LogP) is 6.10. The number of benzene rings is 3. The number of ether oxygens (including phenoxy) is 2. The summed E-state index contributed by atoms with van der Waals surface area (Å²) >= 11 is 0. The van der Waals surface area contributed by atoms with E-state index in [1.807, 2.05) is 49.4 Å². The minimum absolute atomic E-state index is 0.108. The van der Waals surface area contributed by atoms with Crippen LogP contribution in [0.3, 0.4) is 0 Å². The van der Waals surface area contributed by atoms with Crippen LogP contribution in [0.1, 0.15) is 17.5 Å². The van der Waals surface area contributed by atoms with Gasteiger partial charge in [-0.25, -0.2) is 4.98 Å². The Kier molecular flexibility index (Phi) is 7.97. The molecule has 0 atom stereocenters. The number of aryl methyl sites for hydroxylation is 1. The summed E-state index contributed by atoms with van der Waals surface area (Å²) in [6.45, 7) is 4.20. The predicted molar refractivity (Wildman–Crippen MR) is 142 cm³/mol. The highest BCUT2D eigenvalue weighted by Crippen LogP contribution is 2.40. The average Bonchev–Trinajstić information content (AvgIpc) is 2.88. The second-order valence-corrected chi connectivity index (χ2v) is 8.66. The number of hydrogen-bond acceptors (Lipinski definition) is 7. The number of pyridine rings is 1. The molecule has 36 heavy (non-hydrogen) atoms. The van der Waals surface area contributed by atoms with Crippen LogP contribution in [-0.4, -0.2) is 42.1 Å². The number of methoxy groups -OCH3 is 1. The molecular formula is C28H30N4O4. The molecule has 1 heterocycles. The third kappa shape index (κ3) is 5.90. The minimum atomic E-state index is -0.435. The van der Waals surface area contributed by atoms with Gasteiger partial charge in [0.05, 0.1) is 24.2 Å². The van der Waals surface area contributed by atoms with Crippen LogP contribution in [0.25, 0.3) is 10.9 Å². The van der Waals surface area contributed by atoms with Crippen LogP contribution in [-0.2, 0) is 6.54 Å². The summed E-state index contributed by atoms with van der Waals surface area (Å²) in [7, 11) is 3.64. The topological polar surface area (TPSA) is 89.8 Å². The van der Waals surface area contributed by atoms with E-state index in [0.717, 1.165) is 30.8 Å². The van der Waals surface area contributed by atoms with E-state index in [4.69, 9.17) is 9.47 Å². The lowest BCUT2D eigenvalue weighted by molar-refractivity contribution is -0.384. The third-order valence-corrected chi connectivity index (χ3v) is 5.97. The van der Waals surface area contributed by atoms with Crippen molar-refractivity contribution in [3.05, 3.63) is 94.2 Å². The van der Waals surface area contributed by atoms with E-state index in [-0.39, 0.29) is 5.69 Å². The fourth-order valence-electron chi connectivity index (χ4n) is 4.07. The first-order valence-corrected chi connectivity index (χ1v) is 11.8. The van der Waals surface area contributed by atoms with Gasteiger partial charge in [-0.05, 0) is 43.7 Å². The van der Waals surface area contributed by atoms with Crippen molar-refractivity contribution >= 4 is 28.0 Å². The quantitative estimate of drug-likeness (QED) is 0.155. The molecule has 0 saturated carbocycles. The van der Waals surface area contributed by atoms with Crippen molar-refractivity contribution in [2.24, 2.45) is 0 Å². The second-order valence-electron chi connectivity index (χ2n) is 8.66. The van der Waals surface area contributed by atoms with Crippen LogP contribution in [0.5, 0.6) is 11.5 Å². The van der Waals surface area contributed by atoms with E-state index in [0.29, 0.717) is 34.7 Å². The zero-order valence-corrected chi connectivity index (χ0v) is 20.7. The summed E-state index contributed by atoms with van der Waals surface area (Å²) in [5, 5.41) is 15.6. The lowest BCUT2D eigenvalue weighted by atomic mass is 10.1. The monoisotopic (exact) mass is 486 g/mol. The van der Waals surface area contributed by atoms with E-state index in [9.17, 15) is 10.1 Å². The molecule has 0 fully saturated rings. The Hall–Kier alpha value is -4.17. The maximum Gasteiger partial charge on any atom is 0.311 e. The largest absolute Gasteiger partial charge is 0.493 e. The van der Waals surface area contributed by atoms with Crippen LogP contribution in [0.4, 0.5) is 17.1 Å². The summed E-state index contributed by atoms with van der Waals surface area (Å²) in [4.78, 5) is 17.9. The number of anilines is 2. The van der Waals surface area contributed by atoms with Gasteiger partial charge in [-0.2, -0.15) is 0 Å². The molecule has 186 valence electrons. The molecule has 0 spiro atoms. The van der Waals surface area contributed by atoms with Crippen LogP contribution in [0.2, 0.25) is 0 Å². The maximum atomic E-state index is 11.8. The Morgan fingerprint density at radius 1 is 1.06 bits per heavy atom. The van der Waals surface area contributed by atoms with Crippen LogP contribution in [0.15, 0.2) is 72.9 Å². The Bertz CT molecular complexity index is 1340. The van der Waals surface area contributed by atoms with Gasteiger partial charge in [0.25, 0.3) is 0 Å². The Morgan fingerprint density at radius 2 is 1.81 bits per heavy atom. The zero-order valence-electron chi connectivity index (χ0n) is 20.7. The molecular weight excluding hydrogens is 456 g/mol. The summed E-state index contributed by atoms with van der Waals surface area (Å²) < 4.78 is 11.6. The highest BCUT2D eigenvalue weighted by molar-refractivity contribution is 5.99. The molecule has 0 amide bonds. The molecule has 0 aliphatic rings. The van der Waals surface area contributed by atoms with E-state index < -0.39 is 4.92 Å². The van der Waals surface area contributed by atoms with Crippen LogP contribution in [0, 0.1) is 17.0 Å². The van der Waals surface area contributed by atoms with E-state index in [1.54, 1.807) is 19.2 Å². The number of nitrogens with one attached hydrogen (secondary N) is 1. The van der Waals surface area contributed by atoms with Gasteiger partial charge >= 0.3 is 5.69 Å². The molecule has 1 N–H and O–H groups in total. The molecule has 4 aromatic rings. The molecule has 3 aromatic carbocycles. The van der Waals surface area contributed by atoms with Crippen LogP contribution >= 0.6 is 0 Å². The first kappa shape index (κ1) is 24.9. The number of nitrogens with zero attached hydrogens (tertiary/aromatic N) is 3. The Morgan fingerprint density at radius 3 is 2.53 bits per heavy atom. The smallest absolute Gasteiger partial charge is 0.311 e. The van der Waals surface area contributed by atoms with Gasteiger partial charge in [0.2, 0.25) is 0 Å². The Balaban J connectivity index is 1.52. The van der Waals surface area contributed by atoms with Gasteiger partial charge in [0.1, 0.15) is 11.9 Å². The fraction of sp³-hybridized carbons (Fsp3) is 0.250. The van der Waals surface area contributed by atoms with Crippen molar-refractivity contribution in [3.63, 3.8) is 0 Å². The lowest BCUT2D eigenvalue weighted by Gasteiger charge is -2.18. The van der Waals surface area contributed by atoms with E-state index >= 15 is 0 Å². The standard InChI is InChI=1S/C28H30N4O4/c1-20-10-7-8-13-23(20)30-28-22-16-26(35-3)27(17-24(22)29-18-25(28)32(33)34)36-15-9-14-31(2)19-21-11-5-4-6-12-21/h4-8,10-13,16-18H,9,14-15,19H2,1-3H3,(H,29,30). The SMILES string of the molecule is COc1cc2c(Nc3ccccc3C)c([N+](=O)[O-])cnc2cc1OCCCN(C)Cc1ccccc1. The van der Waals surface area contributed by atoms with Gasteiger partial charge < -0.3 is 19.7 Å². The van der Waals surface area contributed by atoms with Gasteiger partial charge in [-0.3, -0.25) is 10.1 Å². The molecule has 0 saturated heterocycles. The van der Waals surface area contributed by atoms with Crippen molar-refractivity contribution < 1.29 is 14.4 Å². The first-order chi connectivity index (χ1) is 17.5. The summed E-state index contributed by atoms with van der Waals surface area (Å²) in [5.41, 5.74) is 3.86. The lowest BCUT2D eigenvalue weighted by Crippen LogP contribution is -2.20. The highest BCUT2D eigenvalue weighted by Gasteiger charge is 2.21. The fourth-order valence-corrected chi connectivity index (χ4v) is 4.07. The van der Waals surface area contributed by atoms with Crippen molar-refractivity contribution in [1.82, 2.24) is 9.88 Å². The summed E-state index contributed by atoms with van der Waals surface area (Å²) in [6, 6.07) is 21.5. The van der Waals surface area contributed by atoms with Gasteiger partial charge in [0, 0.05) is 30.2 Å². The summed E-state index contributed by atoms with van der Waals surface area (Å²) in [6.07, 6.45) is 2.11. The molecule has 0 bridgehead atoms. The molecule has 8 nitrogen and oxygen atoms in total. The molecule has 0 unspecified atom stereocenters. The molecule has 0 aliphatic carbocycles. The van der Waals surface area contributed by atoms with Crippen molar-refractivity contribution in [1.29, 1.82) is 0 Å². The van der Waals surface area contributed by atoms with Gasteiger partial charge in [-0.1, -0.05) is 48.5 Å². The highest BCUT2D eigenvalue weighted by atomic mass is 16.6. The van der Waals surface area contributed by atoms with Gasteiger partial charge in [0.15, 0.2) is 11.5 Å². The number of rotatable bonds is 11. The number of fused-ring (bicyclic) bond motifs is 1. The van der Waals surface area contributed by atoms with Crippen LogP contribution < -0.4 is 14.8 Å². The maximum absolute atomic E-state index is 11.8. The molecule has 0 aliphatic heterocycles. The number of aromatic nitrogens is 1. The molecule has 1 aromatic heterocycles.